The Morgan fingerprint density at radius 3 is 2.84 bits per heavy atom. The quantitative estimate of drug-likeness (QED) is 0.536. The van der Waals surface area contributed by atoms with E-state index in [9.17, 15) is 0 Å². The van der Waals surface area contributed by atoms with Crippen LogP contribution in [-0.2, 0) is 12.8 Å². The highest BCUT2D eigenvalue weighted by molar-refractivity contribution is 7.79. The van der Waals surface area contributed by atoms with E-state index in [0.717, 1.165) is 25.8 Å². The number of rotatable bonds is 5. The number of nitrogens with zero attached hydrogens (tertiary/aromatic N) is 2. The lowest BCUT2D eigenvalue weighted by Crippen LogP contribution is -2.17. The Balaban J connectivity index is 1.80. The second-order valence-corrected chi connectivity index (χ2v) is 7.54. The first kappa shape index (κ1) is 16.4. The molecular formula is C21H20N2S2. The lowest BCUT2D eigenvalue weighted by atomic mass is 9.96. The average Bonchev–Trinajstić information content (AvgIpc) is 3.32. The second kappa shape index (κ2) is 7.06. The van der Waals surface area contributed by atoms with Crippen molar-refractivity contribution in [1.29, 1.82) is 0 Å². The molecule has 4 rings (SSSR count). The van der Waals surface area contributed by atoms with Gasteiger partial charge in [-0.25, -0.2) is 0 Å². The summed E-state index contributed by atoms with van der Waals surface area (Å²) in [6, 6.07) is 11.1. The molecule has 4 heteroatoms. The molecule has 1 aliphatic rings. The van der Waals surface area contributed by atoms with Crippen LogP contribution in [0.25, 0.3) is 21.6 Å². The van der Waals surface area contributed by atoms with Crippen molar-refractivity contribution in [1.82, 2.24) is 4.98 Å². The zero-order valence-corrected chi connectivity index (χ0v) is 15.9. The second-order valence-electron chi connectivity index (χ2n) is 6.38. The largest absolute Gasteiger partial charge is 0.338 e. The topological polar surface area (TPSA) is 16.1 Å². The van der Waals surface area contributed by atoms with E-state index >= 15 is 0 Å². The van der Waals surface area contributed by atoms with Crippen molar-refractivity contribution < 1.29 is 0 Å². The van der Waals surface area contributed by atoms with Crippen LogP contribution in [0.3, 0.4) is 0 Å². The predicted molar refractivity (Wildman–Crippen MR) is 112 cm³/mol. The minimum Gasteiger partial charge on any atom is -0.338 e. The predicted octanol–water partition coefficient (Wildman–Crippen LogP) is 5.75. The molecule has 0 N–H and O–H groups in total. The smallest absolute Gasteiger partial charge is 0.0685 e. The molecule has 0 bridgehead atoms. The summed E-state index contributed by atoms with van der Waals surface area (Å²) < 4.78 is 0. The summed E-state index contributed by atoms with van der Waals surface area (Å²) in [7, 11) is 0. The third-order valence-electron chi connectivity index (χ3n) is 4.70. The van der Waals surface area contributed by atoms with Crippen LogP contribution in [0.15, 0.2) is 48.1 Å². The van der Waals surface area contributed by atoms with Gasteiger partial charge in [-0.3, -0.25) is 4.98 Å². The standard InChI is InChI=1S/C21H20N2S2/c1-2-4-15-9-17(10-16-6-7-23(14-24)21(15)16)18-11-19(13-22-12-18)20-5-3-8-25-20/h3,5,8-14H,2,4,6-7H2,1H3. The Labute approximate surface area is 158 Å². The maximum atomic E-state index is 5.21. The van der Waals surface area contributed by atoms with E-state index in [0.29, 0.717) is 0 Å². The highest BCUT2D eigenvalue weighted by Crippen LogP contribution is 2.37. The third kappa shape index (κ3) is 3.12. The number of aryl methyl sites for hydroxylation is 1. The van der Waals surface area contributed by atoms with Crippen LogP contribution in [0.1, 0.15) is 24.5 Å². The summed E-state index contributed by atoms with van der Waals surface area (Å²) in [6.45, 7) is 3.22. The van der Waals surface area contributed by atoms with Crippen molar-refractivity contribution in [2.24, 2.45) is 0 Å². The van der Waals surface area contributed by atoms with Crippen molar-refractivity contribution in [3.8, 4) is 21.6 Å². The van der Waals surface area contributed by atoms with Gasteiger partial charge >= 0.3 is 0 Å². The molecule has 0 atom stereocenters. The first-order valence-corrected chi connectivity index (χ1v) is 10.0. The Hall–Kier alpha value is -2.04. The molecule has 126 valence electrons. The number of aromatic nitrogens is 1. The van der Waals surface area contributed by atoms with Gasteiger partial charge in [0.05, 0.1) is 5.49 Å². The molecule has 0 spiro atoms. The molecule has 0 fully saturated rings. The summed E-state index contributed by atoms with van der Waals surface area (Å²) in [5, 5.41) is 2.11. The zero-order valence-electron chi connectivity index (χ0n) is 14.2. The van der Waals surface area contributed by atoms with Gasteiger partial charge < -0.3 is 4.90 Å². The maximum Gasteiger partial charge on any atom is 0.0685 e. The Kier molecular flexibility index (Phi) is 4.64. The van der Waals surface area contributed by atoms with Gasteiger partial charge in [0.25, 0.3) is 0 Å². The molecule has 0 aliphatic carbocycles. The van der Waals surface area contributed by atoms with Gasteiger partial charge in [-0.05, 0) is 59.2 Å². The van der Waals surface area contributed by atoms with Crippen LogP contribution in [-0.4, -0.2) is 17.0 Å². The van der Waals surface area contributed by atoms with Crippen LogP contribution in [0.5, 0.6) is 0 Å². The molecule has 3 aromatic rings. The van der Waals surface area contributed by atoms with Crippen molar-refractivity contribution >= 4 is 34.7 Å². The van der Waals surface area contributed by atoms with Crippen LogP contribution >= 0.6 is 23.6 Å². The molecule has 2 aromatic heterocycles. The Morgan fingerprint density at radius 1 is 1.20 bits per heavy atom. The molecule has 0 unspecified atom stereocenters. The number of fused-ring (bicyclic) bond motifs is 1. The summed E-state index contributed by atoms with van der Waals surface area (Å²) >= 11 is 6.97. The highest BCUT2D eigenvalue weighted by atomic mass is 32.1. The molecule has 25 heavy (non-hydrogen) atoms. The van der Waals surface area contributed by atoms with Crippen LogP contribution < -0.4 is 4.90 Å². The minimum absolute atomic E-state index is 0.993. The minimum atomic E-state index is 0.993. The van der Waals surface area contributed by atoms with E-state index in [1.807, 2.05) is 12.4 Å². The molecular weight excluding hydrogens is 344 g/mol. The highest BCUT2D eigenvalue weighted by Gasteiger charge is 2.22. The molecule has 1 aliphatic heterocycles. The van der Waals surface area contributed by atoms with Crippen LogP contribution in [0.2, 0.25) is 0 Å². The fourth-order valence-electron chi connectivity index (χ4n) is 3.58. The van der Waals surface area contributed by atoms with Gasteiger partial charge in [-0.1, -0.05) is 31.6 Å². The van der Waals surface area contributed by atoms with Gasteiger partial charge in [0.1, 0.15) is 0 Å². The molecule has 1 aromatic carbocycles. The summed E-state index contributed by atoms with van der Waals surface area (Å²) in [6.07, 6.45) is 7.19. The number of thiophene rings is 1. The summed E-state index contributed by atoms with van der Waals surface area (Å²) in [5.41, 5.74) is 9.57. The van der Waals surface area contributed by atoms with Crippen LogP contribution in [0.4, 0.5) is 5.69 Å². The van der Waals surface area contributed by atoms with E-state index in [1.54, 1.807) is 16.8 Å². The molecule has 0 saturated carbocycles. The lowest BCUT2D eigenvalue weighted by Gasteiger charge is -2.18. The first-order valence-electron chi connectivity index (χ1n) is 8.67. The fourth-order valence-corrected chi connectivity index (χ4v) is 4.50. The van der Waals surface area contributed by atoms with E-state index in [1.165, 1.54) is 38.4 Å². The third-order valence-corrected chi connectivity index (χ3v) is 5.87. The lowest BCUT2D eigenvalue weighted by molar-refractivity contribution is 0.919. The van der Waals surface area contributed by atoms with Gasteiger partial charge in [0, 0.05) is 40.6 Å². The van der Waals surface area contributed by atoms with Gasteiger partial charge in [0.15, 0.2) is 0 Å². The number of benzene rings is 1. The number of anilines is 1. The van der Waals surface area contributed by atoms with Gasteiger partial charge in [0.2, 0.25) is 0 Å². The summed E-state index contributed by atoms with van der Waals surface area (Å²) in [5.74, 6) is 0. The normalized spacial score (nSPS) is 13.1. The van der Waals surface area contributed by atoms with E-state index in [4.69, 9.17) is 12.2 Å². The number of hydrogen-bond acceptors (Lipinski definition) is 3. The SMILES string of the molecule is CCCc1cc(-c2cncc(-c3cccs3)c2)cc2c1N(C=S)CC2. The van der Waals surface area contributed by atoms with Crippen molar-refractivity contribution in [2.75, 3.05) is 11.4 Å². The van der Waals surface area contributed by atoms with Gasteiger partial charge in [-0.15, -0.1) is 11.3 Å². The molecule has 0 saturated heterocycles. The molecule has 3 heterocycles. The van der Waals surface area contributed by atoms with Crippen molar-refractivity contribution in [3.05, 3.63) is 59.2 Å². The molecule has 2 nitrogen and oxygen atoms in total. The zero-order chi connectivity index (χ0) is 17.2. The summed E-state index contributed by atoms with van der Waals surface area (Å²) in [4.78, 5) is 7.97. The van der Waals surface area contributed by atoms with Crippen LogP contribution in [0, 0.1) is 0 Å². The maximum absolute atomic E-state index is 5.21. The number of thiocarbonyl (C=S) groups is 1. The van der Waals surface area contributed by atoms with Crippen molar-refractivity contribution in [2.45, 2.75) is 26.2 Å². The fraction of sp³-hybridized carbons (Fsp3) is 0.238. The average molecular weight is 365 g/mol. The van der Waals surface area contributed by atoms with Crippen molar-refractivity contribution in [3.63, 3.8) is 0 Å². The molecule has 0 amide bonds. The van der Waals surface area contributed by atoms with Gasteiger partial charge in [-0.2, -0.15) is 0 Å². The Bertz CT molecular complexity index is 900. The van der Waals surface area contributed by atoms with E-state index in [-0.39, 0.29) is 0 Å². The van der Waals surface area contributed by atoms with E-state index < -0.39 is 0 Å². The number of pyridine rings is 1. The Morgan fingerprint density at radius 2 is 2.08 bits per heavy atom. The molecule has 0 radical (unpaired) electrons. The first-order chi connectivity index (χ1) is 12.3. The number of hydrogen-bond donors (Lipinski definition) is 0. The van der Waals surface area contributed by atoms with E-state index in [2.05, 4.69) is 52.5 Å². The monoisotopic (exact) mass is 364 g/mol.